The summed E-state index contributed by atoms with van der Waals surface area (Å²) >= 11 is 0. The van der Waals surface area contributed by atoms with Gasteiger partial charge in [0.05, 0.1) is 0 Å². The standard InChI is InChI=1S/C18H23N3O/c1-14-12-16(13-15-8-4-2-5-9-15)21(18(22)17(14)19)20-10-6-3-7-11-20/h2,4-5,8-9,12H,3,6-7,10-11,13,19H2,1H3. The summed E-state index contributed by atoms with van der Waals surface area (Å²) in [6.45, 7) is 3.75. The molecule has 0 aliphatic carbocycles. The number of hydrogen-bond acceptors (Lipinski definition) is 3. The topological polar surface area (TPSA) is 51.3 Å². The van der Waals surface area contributed by atoms with Gasteiger partial charge in [-0.05, 0) is 43.4 Å². The second kappa shape index (κ2) is 6.26. The van der Waals surface area contributed by atoms with Crippen LogP contribution >= 0.6 is 0 Å². The molecule has 1 aromatic carbocycles. The van der Waals surface area contributed by atoms with Crippen LogP contribution in [0.5, 0.6) is 0 Å². The van der Waals surface area contributed by atoms with Crippen molar-refractivity contribution in [2.75, 3.05) is 23.8 Å². The van der Waals surface area contributed by atoms with Crippen LogP contribution in [-0.2, 0) is 6.42 Å². The Kier molecular flexibility index (Phi) is 4.18. The maximum Gasteiger partial charge on any atom is 0.292 e. The van der Waals surface area contributed by atoms with Crippen LogP contribution in [-0.4, -0.2) is 17.8 Å². The zero-order valence-corrected chi connectivity index (χ0v) is 13.1. The van der Waals surface area contributed by atoms with E-state index in [1.165, 1.54) is 12.0 Å². The van der Waals surface area contributed by atoms with Crippen molar-refractivity contribution in [3.05, 3.63) is 63.6 Å². The molecular formula is C18H23N3O. The molecule has 4 nitrogen and oxygen atoms in total. The first-order valence-electron chi connectivity index (χ1n) is 7.97. The molecular weight excluding hydrogens is 274 g/mol. The molecule has 0 bridgehead atoms. The van der Waals surface area contributed by atoms with E-state index in [9.17, 15) is 4.79 Å². The van der Waals surface area contributed by atoms with Crippen LogP contribution in [0.2, 0.25) is 0 Å². The lowest BCUT2D eigenvalue weighted by molar-refractivity contribution is 0.461. The molecule has 116 valence electrons. The molecule has 2 heterocycles. The monoisotopic (exact) mass is 297 g/mol. The second-order valence-corrected chi connectivity index (χ2v) is 6.03. The van der Waals surface area contributed by atoms with Crippen molar-refractivity contribution >= 4 is 5.69 Å². The van der Waals surface area contributed by atoms with Crippen LogP contribution in [0.25, 0.3) is 0 Å². The molecule has 1 saturated heterocycles. The van der Waals surface area contributed by atoms with Crippen molar-refractivity contribution in [2.24, 2.45) is 0 Å². The van der Waals surface area contributed by atoms with Gasteiger partial charge >= 0.3 is 0 Å². The number of benzene rings is 1. The molecule has 4 heteroatoms. The van der Waals surface area contributed by atoms with E-state index < -0.39 is 0 Å². The van der Waals surface area contributed by atoms with Gasteiger partial charge in [0.15, 0.2) is 0 Å². The van der Waals surface area contributed by atoms with Gasteiger partial charge in [-0.2, -0.15) is 0 Å². The molecule has 1 fully saturated rings. The Labute approximate surface area is 131 Å². The molecule has 0 radical (unpaired) electrons. The van der Waals surface area contributed by atoms with Crippen LogP contribution in [0.3, 0.4) is 0 Å². The van der Waals surface area contributed by atoms with Crippen LogP contribution in [0, 0.1) is 6.92 Å². The highest BCUT2D eigenvalue weighted by Crippen LogP contribution is 2.16. The summed E-state index contributed by atoms with van der Waals surface area (Å²) in [7, 11) is 0. The maximum atomic E-state index is 12.7. The molecule has 2 aromatic rings. The van der Waals surface area contributed by atoms with Gasteiger partial charge in [0.25, 0.3) is 5.56 Å². The number of rotatable bonds is 3. The molecule has 2 N–H and O–H groups in total. The molecule has 0 saturated carbocycles. The number of nitrogens with two attached hydrogens (primary N) is 1. The highest BCUT2D eigenvalue weighted by molar-refractivity contribution is 5.46. The molecule has 0 atom stereocenters. The van der Waals surface area contributed by atoms with Crippen molar-refractivity contribution in [3.63, 3.8) is 0 Å². The summed E-state index contributed by atoms with van der Waals surface area (Å²) in [5.41, 5.74) is 9.37. The number of aromatic nitrogens is 1. The number of anilines is 1. The van der Waals surface area contributed by atoms with E-state index in [0.717, 1.165) is 43.6 Å². The number of nitrogen functional groups attached to an aromatic ring is 1. The number of nitrogens with zero attached hydrogens (tertiary/aromatic N) is 2. The Bertz CT molecular complexity index is 700. The molecule has 22 heavy (non-hydrogen) atoms. The van der Waals surface area contributed by atoms with Crippen LogP contribution in [0.15, 0.2) is 41.2 Å². The van der Waals surface area contributed by atoms with Crippen LogP contribution in [0.1, 0.15) is 36.1 Å². The molecule has 3 rings (SSSR count). The lowest BCUT2D eigenvalue weighted by Crippen LogP contribution is -2.47. The third-order valence-corrected chi connectivity index (χ3v) is 4.35. The summed E-state index contributed by atoms with van der Waals surface area (Å²) in [5.74, 6) is 0. The molecule has 0 unspecified atom stereocenters. The van der Waals surface area contributed by atoms with E-state index in [2.05, 4.69) is 23.2 Å². The third kappa shape index (κ3) is 2.86. The summed E-state index contributed by atoms with van der Waals surface area (Å²) in [6.07, 6.45) is 4.24. The maximum absolute atomic E-state index is 12.7. The second-order valence-electron chi connectivity index (χ2n) is 6.03. The average molecular weight is 297 g/mol. The minimum Gasteiger partial charge on any atom is -0.394 e. The number of piperidine rings is 1. The Balaban J connectivity index is 2.05. The van der Waals surface area contributed by atoms with E-state index in [-0.39, 0.29) is 5.56 Å². The predicted octanol–water partition coefficient (Wildman–Crippen LogP) is 2.45. The minimum atomic E-state index is -0.0761. The van der Waals surface area contributed by atoms with Crippen molar-refractivity contribution in [1.82, 2.24) is 4.68 Å². The Morgan fingerprint density at radius 3 is 2.45 bits per heavy atom. The first-order valence-corrected chi connectivity index (χ1v) is 7.97. The number of hydrogen-bond donors (Lipinski definition) is 1. The van der Waals surface area contributed by atoms with E-state index >= 15 is 0 Å². The number of pyridine rings is 1. The SMILES string of the molecule is Cc1cc(Cc2ccccc2)n(N2CCCCC2)c(=O)c1N. The summed E-state index contributed by atoms with van der Waals surface area (Å²) in [4.78, 5) is 12.7. The number of aryl methyl sites for hydroxylation is 1. The quantitative estimate of drug-likeness (QED) is 0.947. The van der Waals surface area contributed by atoms with E-state index in [1.54, 1.807) is 0 Å². The van der Waals surface area contributed by atoms with Gasteiger partial charge in [-0.1, -0.05) is 30.3 Å². The van der Waals surface area contributed by atoms with E-state index in [0.29, 0.717) is 5.69 Å². The normalized spacial score (nSPS) is 15.0. The lowest BCUT2D eigenvalue weighted by Gasteiger charge is -2.32. The summed E-state index contributed by atoms with van der Waals surface area (Å²) < 4.78 is 1.81. The summed E-state index contributed by atoms with van der Waals surface area (Å²) in [6, 6.07) is 12.3. The molecule has 0 amide bonds. The van der Waals surface area contributed by atoms with Gasteiger partial charge in [-0.15, -0.1) is 0 Å². The average Bonchev–Trinajstić information content (AvgIpc) is 2.55. The van der Waals surface area contributed by atoms with Crippen LogP contribution in [0.4, 0.5) is 5.69 Å². The Hall–Kier alpha value is -2.23. The lowest BCUT2D eigenvalue weighted by atomic mass is 10.1. The molecule has 0 spiro atoms. The third-order valence-electron chi connectivity index (χ3n) is 4.35. The van der Waals surface area contributed by atoms with Crippen molar-refractivity contribution < 1.29 is 0 Å². The minimum absolute atomic E-state index is 0.0761. The summed E-state index contributed by atoms with van der Waals surface area (Å²) in [5, 5.41) is 2.15. The van der Waals surface area contributed by atoms with Crippen molar-refractivity contribution in [1.29, 1.82) is 0 Å². The molecule has 1 aliphatic rings. The molecule has 1 aliphatic heterocycles. The smallest absolute Gasteiger partial charge is 0.292 e. The highest BCUT2D eigenvalue weighted by atomic mass is 16.1. The van der Waals surface area contributed by atoms with Crippen molar-refractivity contribution in [3.8, 4) is 0 Å². The zero-order valence-electron chi connectivity index (χ0n) is 13.1. The fourth-order valence-electron chi connectivity index (χ4n) is 3.12. The van der Waals surface area contributed by atoms with Crippen LogP contribution < -0.4 is 16.3 Å². The first kappa shape index (κ1) is 14.7. The van der Waals surface area contributed by atoms with Crippen molar-refractivity contribution in [2.45, 2.75) is 32.6 Å². The highest BCUT2D eigenvalue weighted by Gasteiger charge is 2.18. The van der Waals surface area contributed by atoms with Gasteiger partial charge in [-0.25, -0.2) is 4.68 Å². The van der Waals surface area contributed by atoms with Gasteiger partial charge in [0.2, 0.25) is 0 Å². The van der Waals surface area contributed by atoms with Gasteiger partial charge in [0, 0.05) is 25.2 Å². The first-order chi connectivity index (χ1) is 10.7. The fourth-order valence-corrected chi connectivity index (χ4v) is 3.12. The van der Waals surface area contributed by atoms with Gasteiger partial charge in [0.1, 0.15) is 5.69 Å². The predicted molar refractivity (Wildman–Crippen MR) is 90.9 cm³/mol. The zero-order chi connectivity index (χ0) is 15.5. The fraction of sp³-hybridized carbons (Fsp3) is 0.389. The van der Waals surface area contributed by atoms with Gasteiger partial charge < -0.3 is 10.7 Å². The Morgan fingerprint density at radius 2 is 1.77 bits per heavy atom. The van der Waals surface area contributed by atoms with E-state index in [4.69, 9.17) is 5.73 Å². The van der Waals surface area contributed by atoms with Gasteiger partial charge in [-0.3, -0.25) is 4.79 Å². The van der Waals surface area contributed by atoms with E-state index in [1.807, 2.05) is 29.8 Å². The molecule has 1 aromatic heterocycles. The Morgan fingerprint density at radius 1 is 1.09 bits per heavy atom. The largest absolute Gasteiger partial charge is 0.394 e.